The highest BCUT2D eigenvalue weighted by Crippen LogP contribution is 2.30. The molecule has 0 radical (unpaired) electrons. The van der Waals surface area contributed by atoms with Gasteiger partial charge in [-0.1, -0.05) is 39.3 Å². The summed E-state index contributed by atoms with van der Waals surface area (Å²) in [5.74, 6) is 0.420. The van der Waals surface area contributed by atoms with Crippen LogP contribution in [0.1, 0.15) is 56.5 Å². The highest BCUT2D eigenvalue weighted by Gasteiger charge is 2.23. The molecule has 3 rings (SSSR count). The van der Waals surface area contributed by atoms with Crippen LogP contribution in [0.3, 0.4) is 0 Å². The van der Waals surface area contributed by atoms with Gasteiger partial charge in [0.15, 0.2) is 0 Å². The Balaban J connectivity index is 1.93. The lowest BCUT2D eigenvalue weighted by Crippen LogP contribution is -2.43. The van der Waals surface area contributed by atoms with E-state index in [1.165, 1.54) is 0 Å². The van der Waals surface area contributed by atoms with Gasteiger partial charge in [-0.15, -0.1) is 0 Å². The third-order valence-electron chi connectivity index (χ3n) is 6.27. The molecule has 2 aromatic carbocycles. The number of amides is 1. The van der Waals surface area contributed by atoms with Gasteiger partial charge < -0.3 is 15.1 Å². The maximum Gasteiger partial charge on any atom is 0.261 e. The minimum Gasteiger partial charge on any atom is -0.367 e. The fourth-order valence-corrected chi connectivity index (χ4v) is 5.41. The highest BCUT2D eigenvalue weighted by atomic mass is 32.2. The van der Waals surface area contributed by atoms with Crippen molar-refractivity contribution in [3.63, 3.8) is 0 Å². The fraction of sp³-hybridized carbons (Fsp3) is 0.519. The van der Waals surface area contributed by atoms with Crippen molar-refractivity contribution < 1.29 is 13.2 Å². The number of hydrogen-bond donors (Lipinski definition) is 2. The number of sulfonamides is 1. The molecule has 0 aliphatic carbocycles. The molecular formula is C27H40N4O3S. The molecule has 1 aliphatic heterocycles. The van der Waals surface area contributed by atoms with E-state index < -0.39 is 10.0 Å². The molecule has 1 aliphatic rings. The van der Waals surface area contributed by atoms with Crippen LogP contribution in [0, 0.1) is 5.92 Å². The summed E-state index contributed by atoms with van der Waals surface area (Å²) in [5, 5.41) is 3.33. The lowest BCUT2D eigenvalue weighted by Gasteiger charge is -2.31. The van der Waals surface area contributed by atoms with Crippen LogP contribution in [-0.4, -0.2) is 58.5 Å². The summed E-state index contributed by atoms with van der Waals surface area (Å²) in [7, 11) is -3.82. The van der Waals surface area contributed by atoms with Crippen molar-refractivity contribution >= 4 is 27.3 Å². The maximum absolute atomic E-state index is 13.3. The van der Waals surface area contributed by atoms with Gasteiger partial charge in [-0.05, 0) is 61.6 Å². The summed E-state index contributed by atoms with van der Waals surface area (Å²) in [5.41, 5.74) is 2.84. The summed E-state index contributed by atoms with van der Waals surface area (Å²) >= 11 is 0. The zero-order valence-corrected chi connectivity index (χ0v) is 22.3. The quantitative estimate of drug-likeness (QED) is 0.479. The van der Waals surface area contributed by atoms with Crippen molar-refractivity contribution in [2.45, 2.75) is 51.9 Å². The third kappa shape index (κ3) is 7.21. The second kappa shape index (κ2) is 12.4. The molecule has 0 spiro atoms. The Morgan fingerprint density at radius 2 is 1.77 bits per heavy atom. The number of anilines is 2. The molecule has 8 heteroatoms. The molecule has 2 aromatic rings. The van der Waals surface area contributed by atoms with Crippen LogP contribution < -0.4 is 14.9 Å². The molecule has 1 fully saturated rings. The zero-order chi connectivity index (χ0) is 25.4. The largest absolute Gasteiger partial charge is 0.367 e. The lowest BCUT2D eigenvalue weighted by molar-refractivity contribution is 0.0762. The van der Waals surface area contributed by atoms with E-state index in [2.05, 4.69) is 35.7 Å². The molecular weight excluding hydrogens is 460 g/mol. The van der Waals surface area contributed by atoms with E-state index in [9.17, 15) is 13.2 Å². The minimum absolute atomic E-state index is 0.0775. The Labute approximate surface area is 210 Å². The number of nitrogens with one attached hydrogen (secondary N) is 2. The number of piperazine rings is 1. The van der Waals surface area contributed by atoms with Gasteiger partial charge in [0.05, 0.1) is 16.3 Å². The van der Waals surface area contributed by atoms with E-state index in [0.29, 0.717) is 30.3 Å². The first-order valence-electron chi connectivity index (χ1n) is 12.8. The smallest absolute Gasteiger partial charge is 0.261 e. The molecule has 192 valence electrons. The average Bonchev–Trinajstić information content (AvgIpc) is 2.84. The van der Waals surface area contributed by atoms with Gasteiger partial charge >= 0.3 is 0 Å². The first-order chi connectivity index (χ1) is 16.7. The standard InChI is InChI=1S/C27H40N4O3S/c1-5-7-16-30(6-2)27(32)23-10-13-26(31-17-14-28-15-18-31)25(20-23)29-35(33,34)24-11-8-22(9-12-24)19-21(3)4/h8-13,20-21,28-29H,5-7,14-19H2,1-4H3. The normalized spacial score (nSPS) is 14.3. The Morgan fingerprint density at radius 1 is 1.09 bits per heavy atom. The van der Waals surface area contributed by atoms with Crippen LogP contribution in [-0.2, 0) is 16.4 Å². The van der Waals surface area contributed by atoms with Crippen molar-refractivity contribution in [1.29, 1.82) is 0 Å². The van der Waals surface area contributed by atoms with E-state index in [1.54, 1.807) is 18.2 Å². The molecule has 0 atom stereocenters. The Morgan fingerprint density at radius 3 is 2.37 bits per heavy atom. The molecule has 1 saturated heterocycles. The summed E-state index contributed by atoms with van der Waals surface area (Å²) in [4.78, 5) is 17.4. The predicted molar refractivity (Wildman–Crippen MR) is 144 cm³/mol. The third-order valence-corrected chi connectivity index (χ3v) is 7.66. The number of carbonyl (C=O) groups excluding carboxylic acids is 1. The van der Waals surface area contributed by atoms with Crippen LogP contribution >= 0.6 is 0 Å². The predicted octanol–water partition coefficient (Wildman–Crippen LogP) is 4.36. The molecule has 7 nitrogen and oxygen atoms in total. The topological polar surface area (TPSA) is 81.8 Å². The van der Waals surface area contributed by atoms with E-state index in [0.717, 1.165) is 56.7 Å². The number of benzene rings is 2. The zero-order valence-electron chi connectivity index (χ0n) is 21.5. The molecule has 1 heterocycles. The van der Waals surface area contributed by atoms with Crippen LogP contribution in [0.5, 0.6) is 0 Å². The summed E-state index contributed by atoms with van der Waals surface area (Å²) in [6.45, 7) is 12.8. The molecule has 35 heavy (non-hydrogen) atoms. The first kappa shape index (κ1) is 27.0. The molecule has 0 bridgehead atoms. The Bertz CT molecular complexity index is 1080. The van der Waals surface area contributed by atoms with Crippen LogP contribution in [0.2, 0.25) is 0 Å². The summed E-state index contributed by atoms with van der Waals surface area (Å²) in [6, 6.07) is 12.4. The van der Waals surface area contributed by atoms with E-state index in [1.807, 2.05) is 36.1 Å². The van der Waals surface area contributed by atoms with Crippen LogP contribution in [0.25, 0.3) is 0 Å². The van der Waals surface area contributed by atoms with Crippen molar-refractivity contribution in [3.05, 3.63) is 53.6 Å². The number of nitrogens with zero attached hydrogens (tertiary/aromatic N) is 2. The van der Waals surface area contributed by atoms with Gasteiger partial charge in [0.25, 0.3) is 15.9 Å². The van der Waals surface area contributed by atoms with Gasteiger partial charge in [0.1, 0.15) is 0 Å². The van der Waals surface area contributed by atoms with Gasteiger partial charge in [0, 0.05) is 44.8 Å². The van der Waals surface area contributed by atoms with E-state index in [4.69, 9.17) is 0 Å². The van der Waals surface area contributed by atoms with Crippen LogP contribution in [0.15, 0.2) is 47.4 Å². The highest BCUT2D eigenvalue weighted by molar-refractivity contribution is 7.92. The number of hydrogen-bond acceptors (Lipinski definition) is 5. The van der Waals surface area contributed by atoms with Crippen LogP contribution in [0.4, 0.5) is 11.4 Å². The number of rotatable bonds is 11. The van der Waals surface area contributed by atoms with Crippen molar-refractivity contribution in [2.24, 2.45) is 5.92 Å². The second-order valence-corrected chi connectivity index (χ2v) is 11.2. The fourth-order valence-electron chi connectivity index (χ4n) is 4.35. The molecule has 0 saturated carbocycles. The SMILES string of the molecule is CCCCN(CC)C(=O)c1ccc(N2CCNCC2)c(NS(=O)(=O)c2ccc(CC(C)C)cc2)c1. The Hall–Kier alpha value is -2.58. The second-order valence-electron chi connectivity index (χ2n) is 9.55. The molecule has 2 N–H and O–H groups in total. The molecule has 1 amide bonds. The van der Waals surface area contributed by atoms with E-state index in [-0.39, 0.29) is 10.8 Å². The monoisotopic (exact) mass is 500 g/mol. The first-order valence-corrected chi connectivity index (χ1v) is 14.2. The van der Waals surface area contributed by atoms with Gasteiger partial charge in [-0.3, -0.25) is 9.52 Å². The lowest BCUT2D eigenvalue weighted by atomic mass is 10.0. The van der Waals surface area contributed by atoms with Crippen molar-refractivity contribution in [2.75, 3.05) is 48.9 Å². The van der Waals surface area contributed by atoms with Gasteiger partial charge in [-0.2, -0.15) is 0 Å². The van der Waals surface area contributed by atoms with Crippen molar-refractivity contribution in [1.82, 2.24) is 10.2 Å². The minimum atomic E-state index is -3.82. The number of unbranched alkanes of at least 4 members (excludes halogenated alkanes) is 1. The average molecular weight is 501 g/mol. The maximum atomic E-state index is 13.3. The van der Waals surface area contributed by atoms with E-state index >= 15 is 0 Å². The van der Waals surface area contributed by atoms with Crippen molar-refractivity contribution in [3.8, 4) is 0 Å². The molecule has 0 unspecified atom stereocenters. The summed E-state index contributed by atoms with van der Waals surface area (Å²) < 4.78 is 29.5. The van der Waals surface area contributed by atoms with Gasteiger partial charge in [-0.25, -0.2) is 8.42 Å². The Kier molecular flexibility index (Phi) is 9.57. The van der Waals surface area contributed by atoms with Gasteiger partial charge in [0.2, 0.25) is 0 Å². The molecule has 0 aromatic heterocycles. The number of carbonyl (C=O) groups is 1. The summed E-state index contributed by atoms with van der Waals surface area (Å²) in [6.07, 6.45) is 2.84.